The van der Waals surface area contributed by atoms with Gasteiger partial charge in [0.1, 0.15) is 5.75 Å². The number of Topliss-reactive ketones (excluding diaryl/α,β-unsaturated/α-hetero) is 1. The van der Waals surface area contributed by atoms with Gasteiger partial charge in [0.05, 0.1) is 18.2 Å². The molecule has 0 radical (unpaired) electrons. The fraction of sp³-hybridized carbons (Fsp3) is 0.267. The Bertz CT molecular complexity index is 1230. The molecular weight excluding hydrogens is 452 g/mol. The van der Waals surface area contributed by atoms with Gasteiger partial charge in [-0.1, -0.05) is 54.6 Å². The minimum atomic E-state index is -0.663. The van der Waals surface area contributed by atoms with Crippen LogP contribution in [0.3, 0.4) is 0 Å². The molecule has 0 saturated heterocycles. The Morgan fingerprint density at radius 1 is 0.944 bits per heavy atom. The monoisotopic (exact) mass is 484 g/mol. The lowest BCUT2D eigenvalue weighted by Gasteiger charge is -2.27. The van der Waals surface area contributed by atoms with E-state index in [0.29, 0.717) is 13.0 Å². The Kier molecular flexibility index (Phi) is 7.74. The van der Waals surface area contributed by atoms with Crippen LogP contribution in [0.2, 0.25) is 0 Å². The summed E-state index contributed by atoms with van der Waals surface area (Å²) >= 11 is 0. The summed E-state index contributed by atoms with van der Waals surface area (Å²) in [5.74, 6) is -0.461. The van der Waals surface area contributed by atoms with Crippen molar-refractivity contribution in [2.75, 3.05) is 25.6 Å². The van der Waals surface area contributed by atoms with Gasteiger partial charge in [-0.15, -0.1) is 0 Å². The van der Waals surface area contributed by atoms with Crippen LogP contribution in [-0.2, 0) is 22.6 Å². The highest BCUT2D eigenvalue weighted by Crippen LogP contribution is 2.40. The van der Waals surface area contributed by atoms with Gasteiger partial charge in [-0.2, -0.15) is 0 Å². The van der Waals surface area contributed by atoms with E-state index < -0.39 is 17.7 Å². The number of aryl methyl sites for hydroxylation is 1. The third-order valence-corrected chi connectivity index (χ3v) is 6.40. The zero-order chi connectivity index (χ0) is 25.7. The van der Waals surface area contributed by atoms with Crippen molar-refractivity contribution in [3.05, 3.63) is 107 Å². The Morgan fingerprint density at radius 2 is 1.61 bits per heavy atom. The predicted octanol–water partition coefficient (Wildman–Crippen LogP) is 5.25. The molecule has 1 N–H and O–H groups in total. The van der Waals surface area contributed by atoms with Gasteiger partial charge in [-0.3, -0.25) is 9.59 Å². The topological polar surface area (TPSA) is 70.1 Å². The molecule has 3 aromatic carbocycles. The van der Waals surface area contributed by atoms with Gasteiger partial charge >= 0.3 is 0 Å². The molecule has 1 aliphatic heterocycles. The van der Waals surface area contributed by atoms with Crippen LogP contribution >= 0.6 is 0 Å². The van der Waals surface area contributed by atoms with Crippen LogP contribution in [-0.4, -0.2) is 42.4 Å². The van der Waals surface area contributed by atoms with Gasteiger partial charge in [0.15, 0.2) is 11.5 Å². The van der Waals surface area contributed by atoms with Crippen LogP contribution in [0.15, 0.2) is 90.2 Å². The summed E-state index contributed by atoms with van der Waals surface area (Å²) in [7, 11) is 3.91. The first-order valence-corrected chi connectivity index (χ1v) is 12.2. The molecule has 0 fully saturated rings. The quantitative estimate of drug-likeness (QED) is 0.426. The maximum Gasteiger partial charge on any atom is 0.290 e. The second-order valence-corrected chi connectivity index (χ2v) is 9.07. The molecule has 186 valence electrons. The van der Waals surface area contributed by atoms with E-state index in [9.17, 15) is 14.7 Å². The van der Waals surface area contributed by atoms with Crippen molar-refractivity contribution >= 4 is 17.4 Å². The first kappa shape index (κ1) is 25.0. The van der Waals surface area contributed by atoms with E-state index in [0.717, 1.165) is 28.1 Å². The van der Waals surface area contributed by atoms with Crippen LogP contribution in [0.4, 0.5) is 5.69 Å². The van der Waals surface area contributed by atoms with Crippen molar-refractivity contribution in [3.63, 3.8) is 0 Å². The summed E-state index contributed by atoms with van der Waals surface area (Å²) in [6, 6.07) is 24.3. The van der Waals surface area contributed by atoms with Crippen molar-refractivity contribution in [2.45, 2.75) is 32.4 Å². The highest BCUT2D eigenvalue weighted by molar-refractivity contribution is 6.09. The minimum Gasteiger partial charge on any atom is -0.503 e. The largest absolute Gasteiger partial charge is 0.503 e. The van der Waals surface area contributed by atoms with Crippen LogP contribution < -0.4 is 9.64 Å². The van der Waals surface area contributed by atoms with Gasteiger partial charge < -0.3 is 19.6 Å². The summed E-state index contributed by atoms with van der Waals surface area (Å²) in [5.41, 5.74) is 3.87. The Hall–Kier alpha value is -4.06. The van der Waals surface area contributed by atoms with Crippen molar-refractivity contribution in [1.82, 2.24) is 4.90 Å². The van der Waals surface area contributed by atoms with E-state index >= 15 is 0 Å². The number of carbonyl (C=O) groups is 2. The third kappa shape index (κ3) is 5.43. The first-order chi connectivity index (χ1) is 17.4. The second kappa shape index (κ2) is 11.1. The number of carbonyl (C=O) groups excluding carboxylic acids is 2. The summed E-state index contributed by atoms with van der Waals surface area (Å²) in [6.07, 6.45) is 0.746. The molecule has 3 aromatic rings. The average molecular weight is 485 g/mol. The summed E-state index contributed by atoms with van der Waals surface area (Å²) < 4.78 is 5.52. The zero-order valence-corrected chi connectivity index (χ0v) is 21.0. The molecule has 6 heteroatoms. The summed E-state index contributed by atoms with van der Waals surface area (Å²) in [6.45, 7) is 2.75. The Morgan fingerprint density at radius 3 is 2.22 bits per heavy atom. The van der Waals surface area contributed by atoms with Crippen LogP contribution in [0.1, 0.15) is 36.1 Å². The second-order valence-electron chi connectivity index (χ2n) is 9.07. The molecule has 1 atom stereocenters. The van der Waals surface area contributed by atoms with E-state index in [4.69, 9.17) is 4.74 Å². The lowest BCUT2D eigenvalue weighted by Crippen LogP contribution is -2.30. The van der Waals surface area contributed by atoms with Crippen LogP contribution in [0.25, 0.3) is 0 Å². The van der Waals surface area contributed by atoms with Crippen LogP contribution in [0.5, 0.6) is 5.75 Å². The van der Waals surface area contributed by atoms with Gasteiger partial charge in [-0.05, 0) is 54.3 Å². The molecule has 0 spiro atoms. The number of benzene rings is 3. The van der Waals surface area contributed by atoms with E-state index in [-0.39, 0.29) is 24.3 Å². The number of ether oxygens (including phenoxy) is 1. The SMILES string of the molecule is CCOc1ccc(CN2C(=O)C(O)=C(C(=O)CCc3ccccc3)C2c2ccc(N(C)C)cc2)cc1. The molecule has 0 bridgehead atoms. The number of ketones is 1. The Labute approximate surface area is 212 Å². The maximum absolute atomic E-state index is 13.4. The number of rotatable bonds is 10. The van der Waals surface area contributed by atoms with E-state index in [1.807, 2.05) is 105 Å². The lowest BCUT2D eigenvalue weighted by molar-refractivity contribution is -0.130. The highest BCUT2D eigenvalue weighted by Gasteiger charge is 2.43. The number of aliphatic hydroxyl groups excluding tert-OH is 1. The van der Waals surface area contributed by atoms with Crippen molar-refractivity contribution in [3.8, 4) is 5.75 Å². The molecule has 1 heterocycles. The highest BCUT2D eigenvalue weighted by atomic mass is 16.5. The zero-order valence-electron chi connectivity index (χ0n) is 21.0. The molecule has 4 rings (SSSR count). The van der Waals surface area contributed by atoms with Crippen molar-refractivity contribution < 1.29 is 19.4 Å². The number of hydrogen-bond acceptors (Lipinski definition) is 5. The normalized spacial score (nSPS) is 15.4. The lowest BCUT2D eigenvalue weighted by atomic mass is 9.93. The smallest absolute Gasteiger partial charge is 0.290 e. The molecular formula is C30H32N2O4. The Balaban J connectivity index is 1.65. The summed E-state index contributed by atoms with van der Waals surface area (Å²) in [4.78, 5) is 30.2. The number of anilines is 1. The minimum absolute atomic E-state index is 0.166. The van der Waals surface area contributed by atoms with Gasteiger partial charge in [0, 0.05) is 32.7 Å². The van der Waals surface area contributed by atoms with Gasteiger partial charge in [-0.25, -0.2) is 0 Å². The van der Waals surface area contributed by atoms with E-state index in [1.54, 1.807) is 4.90 Å². The van der Waals surface area contributed by atoms with Gasteiger partial charge in [0.2, 0.25) is 0 Å². The molecule has 0 aromatic heterocycles. The van der Waals surface area contributed by atoms with Crippen LogP contribution in [0, 0.1) is 0 Å². The maximum atomic E-state index is 13.4. The number of hydrogen-bond donors (Lipinski definition) is 1. The van der Waals surface area contributed by atoms with E-state index in [1.165, 1.54) is 0 Å². The predicted molar refractivity (Wildman–Crippen MR) is 141 cm³/mol. The first-order valence-electron chi connectivity index (χ1n) is 12.2. The van der Waals surface area contributed by atoms with Crippen molar-refractivity contribution in [2.24, 2.45) is 0 Å². The molecule has 0 aliphatic carbocycles. The summed E-state index contributed by atoms with van der Waals surface area (Å²) in [5, 5.41) is 10.9. The molecule has 1 aliphatic rings. The van der Waals surface area contributed by atoms with Crippen molar-refractivity contribution in [1.29, 1.82) is 0 Å². The third-order valence-electron chi connectivity index (χ3n) is 6.40. The fourth-order valence-corrected chi connectivity index (χ4v) is 4.49. The van der Waals surface area contributed by atoms with E-state index in [2.05, 4.69) is 0 Å². The number of aliphatic hydroxyl groups is 1. The number of amides is 1. The molecule has 1 amide bonds. The fourth-order valence-electron chi connectivity index (χ4n) is 4.49. The number of nitrogens with zero attached hydrogens (tertiary/aromatic N) is 2. The molecule has 6 nitrogen and oxygen atoms in total. The standard InChI is InChI=1S/C30H32N2O4/c1-4-36-25-17-10-22(11-18-25)20-32-28(23-13-15-24(16-14-23)31(2)3)27(29(34)30(32)35)26(33)19-12-21-8-6-5-7-9-21/h5-11,13-18,28,34H,4,12,19-20H2,1-3H3. The molecule has 36 heavy (non-hydrogen) atoms. The van der Waals surface area contributed by atoms with Gasteiger partial charge in [0.25, 0.3) is 5.91 Å². The molecule has 0 saturated carbocycles. The molecule has 1 unspecified atom stereocenters. The average Bonchev–Trinajstić information content (AvgIpc) is 3.14.